The van der Waals surface area contributed by atoms with E-state index < -0.39 is 15.2 Å². The van der Waals surface area contributed by atoms with Crippen LogP contribution in [0, 0.1) is 5.92 Å². The van der Waals surface area contributed by atoms with Gasteiger partial charge in [-0.25, -0.2) is 0 Å². The fraction of sp³-hybridized carbons (Fsp3) is 0.429. The molecule has 3 unspecified atom stereocenters. The third-order valence-corrected chi connectivity index (χ3v) is 27.8. The molecular weight excluding hydrogens is 399 g/mol. The van der Waals surface area contributed by atoms with Crippen LogP contribution in [-0.2, 0) is 0 Å². The van der Waals surface area contributed by atoms with E-state index in [9.17, 15) is 0 Å². The van der Waals surface area contributed by atoms with Crippen LogP contribution in [0.5, 0.6) is 0 Å². The molecule has 0 nitrogen and oxygen atoms in total. The Bertz CT molecular complexity index is 1020. The Labute approximate surface area is 204 Å². The summed E-state index contributed by atoms with van der Waals surface area (Å²) in [5.74, 6) is 0.657. The number of benzene rings is 2. The van der Waals surface area contributed by atoms with E-state index in [2.05, 4.69) is 108 Å². The van der Waals surface area contributed by atoms with Crippen molar-refractivity contribution in [2.24, 2.45) is 5.92 Å². The fourth-order valence-electron chi connectivity index (χ4n) is 5.96. The van der Waals surface area contributed by atoms with Crippen molar-refractivity contribution in [3.63, 3.8) is 0 Å². The van der Waals surface area contributed by atoms with Crippen LogP contribution in [0.25, 0.3) is 11.1 Å². The first kappa shape index (κ1) is 24.6. The Morgan fingerprint density at radius 2 is 1.26 bits per heavy atom. The third kappa shape index (κ3) is 3.95. The third-order valence-electron chi connectivity index (χ3n) is 8.56. The summed E-state index contributed by atoms with van der Waals surface area (Å²) >= 11 is 0. The average Bonchev–Trinajstić information content (AvgIpc) is 3.28. The summed E-state index contributed by atoms with van der Waals surface area (Å²) in [6.07, 6.45) is 7.89. The van der Waals surface area contributed by atoms with Gasteiger partial charge < -0.3 is 0 Å². The molecular formula is C28H39LiSi2. The van der Waals surface area contributed by atoms with E-state index in [0.29, 0.717) is 17.0 Å². The van der Waals surface area contributed by atoms with E-state index in [1.807, 2.05) is 0 Å². The summed E-state index contributed by atoms with van der Waals surface area (Å²) in [4.78, 5) is 0. The molecule has 0 aromatic heterocycles. The molecule has 4 rings (SSSR count). The standard InChI is InChI=1S/C28H38Si2.Li.H/c1-8-13-20(2)26-19-28(25-17-12-10-15-23(25)26)30(6,7)29(4,5)27-18-21(3)22-14-9-11-16-24(22)27;;/h9-12,14-20,27-28H,8,13H2,1-7H3;;. The number of fused-ring (bicyclic) bond motifs is 2. The van der Waals surface area contributed by atoms with Crippen LogP contribution in [-0.4, -0.2) is 34.0 Å². The molecule has 2 aliphatic carbocycles. The predicted octanol–water partition coefficient (Wildman–Crippen LogP) is 7.73. The van der Waals surface area contributed by atoms with Crippen LogP contribution in [0.15, 0.2) is 60.7 Å². The number of allylic oxidation sites excluding steroid dienone is 4. The molecule has 0 saturated carbocycles. The first-order valence-corrected chi connectivity index (χ1v) is 18.9. The van der Waals surface area contributed by atoms with E-state index in [1.54, 1.807) is 22.3 Å². The zero-order valence-corrected chi connectivity index (χ0v) is 21.9. The SMILES string of the molecule is CCCC(C)C1=CC([Si](C)(C)[Si](C)(C)C2C=C(C)c3ccccc32)c2ccccc21.[LiH]. The second kappa shape index (κ2) is 9.07. The Morgan fingerprint density at radius 3 is 1.84 bits per heavy atom. The van der Waals surface area contributed by atoms with Crippen molar-refractivity contribution >= 4 is 45.2 Å². The summed E-state index contributed by atoms with van der Waals surface area (Å²) < 4.78 is 0. The molecule has 0 N–H and O–H groups in total. The van der Waals surface area contributed by atoms with Crippen molar-refractivity contribution in [1.82, 2.24) is 0 Å². The summed E-state index contributed by atoms with van der Waals surface area (Å²) in [7, 11) is -3.19. The molecule has 0 saturated heterocycles. The zero-order chi connectivity index (χ0) is 21.7. The Kier molecular flexibility index (Phi) is 7.19. The van der Waals surface area contributed by atoms with Crippen molar-refractivity contribution in [1.29, 1.82) is 0 Å². The number of hydrogen-bond donors (Lipinski definition) is 0. The second-order valence-corrected chi connectivity index (χ2v) is 26.6. The molecule has 0 spiro atoms. The van der Waals surface area contributed by atoms with Gasteiger partial charge in [-0.3, -0.25) is 0 Å². The van der Waals surface area contributed by atoms with Gasteiger partial charge in [-0.15, -0.1) is 0 Å². The van der Waals surface area contributed by atoms with Gasteiger partial charge in [-0.05, 0) is 63.7 Å². The minimum absolute atomic E-state index is 0. The van der Waals surface area contributed by atoms with Crippen molar-refractivity contribution in [2.45, 2.75) is 70.9 Å². The maximum absolute atomic E-state index is 2.73. The topological polar surface area (TPSA) is 0 Å². The van der Waals surface area contributed by atoms with Gasteiger partial charge >= 0.3 is 18.9 Å². The van der Waals surface area contributed by atoms with Crippen LogP contribution in [0.2, 0.25) is 26.2 Å². The maximum atomic E-state index is 2.73. The van der Waals surface area contributed by atoms with Gasteiger partial charge in [0.2, 0.25) is 0 Å². The molecule has 0 amide bonds. The van der Waals surface area contributed by atoms with Gasteiger partial charge in [-0.1, -0.05) is 107 Å². The number of hydrogen-bond acceptors (Lipinski definition) is 0. The van der Waals surface area contributed by atoms with Gasteiger partial charge in [0.1, 0.15) is 0 Å². The van der Waals surface area contributed by atoms with E-state index in [-0.39, 0.29) is 18.9 Å². The normalized spacial score (nSPS) is 21.0. The van der Waals surface area contributed by atoms with Crippen molar-refractivity contribution < 1.29 is 0 Å². The van der Waals surface area contributed by atoms with E-state index >= 15 is 0 Å². The monoisotopic (exact) mass is 438 g/mol. The number of rotatable bonds is 6. The van der Waals surface area contributed by atoms with E-state index in [1.165, 1.54) is 24.0 Å². The van der Waals surface area contributed by atoms with Gasteiger partial charge in [0.05, 0.1) is 15.2 Å². The van der Waals surface area contributed by atoms with Gasteiger partial charge in [0.25, 0.3) is 0 Å². The van der Waals surface area contributed by atoms with Crippen molar-refractivity contribution in [3.05, 3.63) is 82.9 Å². The van der Waals surface area contributed by atoms with E-state index in [4.69, 9.17) is 0 Å². The molecule has 0 aliphatic heterocycles. The van der Waals surface area contributed by atoms with Crippen LogP contribution in [0.1, 0.15) is 66.9 Å². The molecule has 0 heterocycles. The van der Waals surface area contributed by atoms with Gasteiger partial charge in [0, 0.05) is 0 Å². The molecule has 3 atom stereocenters. The summed E-state index contributed by atoms with van der Waals surface area (Å²) in [6, 6.07) is 18.5. The molecule has 2 aromatic carbocycles. The Hall–Kier alpha value is -1.05. The summed E-state index contributed by atoms with van der Waals surface area (Å²) in [6.45, 7) is 17.9. The molecule has 0 bridgehead atoms. The second-order valence-electron chi connectivity index (χ2n) is 10.7. The molecule has 31 heavy (non-hydrogen) atoms. The van der Waals surface area contributed by atoms with Crippen LogP contribution < -0.4 is 0 Å². The molecule has 160 valence electrons. The Balaban J connectivity index is 0.00000272. The quantitative estimate of drug-likeness (QED) is 0.405. The first-order valence-electron chi connectivity index (χ1n) is 11.8. The van der Waals surface area contributed by atoms with Gasteiger partial charge in [-0.2, -0.15) is 0 Å². The fourth-order valence-corrected chi connectivity index (χ4v) is 17.1. The molecule has 2 aliphatic rings. The summed E-state index contributed by atoms with van der Waals surface area (Å²) in [5, 5.41) is 0. The zero-order valence-electron chi connectivity index (χ0n) is 19.9. The van der Waals surface area contributed by atoms with Crippen LogP contribution in [0.4, 0.5) is 0 Å². The molecule has 2 aromatic rings. The van der Waals surface area contributed by atoms with Gasteiger partial charge in [0.15, 0.2) is 0 Å². The molecule has 3 heteroatoms. The Morgan fingerprint density at radius 1 is 0.774 bits per heavy atom. The van der Waals surface area contributed by atoms with Crippen LogP contribution in [0.3, 0.4) is 0 Å². The molecule has 0 radical (unpaired) electrons. The summed E-state index contributed by atoms with van der Waals surface area (Å²) in [5.41, 5.74) is 10.7. The minimum atomic E-state index is -1.60. The first-order chi connectivity index (χ1) is 14.2. The molecule has 0 fully saturated rings. The van der Waals surface area contributed by atoms with Crippen molar-refractivity contribution in [2.75, 3.05) is 0 Å². The van der Waals surface area contributed by atoms with Crippen LogP contribution >= 0.6 is 0 Å². The average molecular weight is 439 g/mol. The van der Waals surface area contributed by atoms with Crippen molar-refractivity contribution in [3.8, 4) is 0 Å². The van der Waals surface area contributed by atoms with E-state index in [0.717, 1.165) is 0 Å². The predicted molar refractivity (Wildman–Crippen MR) is 146 cm³/mol.